The van der Waals surface area contributed by atoms with Gasteiger partial charge in [0.2, 0.25) is 10.0 Å². The highest BCUT2D eigenvalue weighted by Gasteiger charge is 2.24. The molecule has 1 N–H and O–H groups in total. The van der Waals surface area contributed by atoms with Crippen LogP contribution in [0.4, 0.5) is 5.69 Å². The maximum absolute atomic E-state index is 12.8. The third kappa shape index (κ3) is 4.28. The summed E-state index contributed by atoms with van der Waals surface area (Å²) in [6, 6.07) is 12.3. The molecule has 1 amide bonds. The predicted molar refractivity (Wildman–Crippen MR) is 107 cm³/mol. The lowest BCUT2D eigenvalue weighted by Gasteiger charge is -2.20. The zero-order valence-electron chi connectivity index (χ0n) is 15.4. The second-order valence-corrected chi connectivity index (χ2v) is 8.48. The van der Waals surface area contributed by atoms with E-state index in [4.69, 9.17) is 0 Å². The number of amides is 1. The van der Waals surface area contributed by atoms with Gasteiger partial charge in [0.1, 0.15) is 0 Å². The van der Waals surface area contributed by atoms with Gasteiger partial charge in [0, 0.05) is 23.5 Å². The average Bonchev–Trinajstić information content (AvgIpc) is 2.63. The van der Waals surface area contributed by atoms with Gasteiger partial charge in [-0.25, -0.2) is 8.42 Å². The van der Waals surface area contributed by atoms with Crippen LogP contribution >= 0.6 is 11.8 Å². The van der Waals surface area contributed by atoms with Gasteiger partial charge in [-0.3, -0.25) is 4.79 Å². The molecular formula is C19H24N2O3S2. The predicted octanol–water partition coefficient (Wildman–Crippen LogP) is 4.00. The van der Waals surface area contributed by atoms with Gasteiger partial charge in [0.25, 0.3) is 5.91 Å². The first kappa shape index (κ1) is 20.5. The van der Waals surface area contributed by atoms with Crippen LogP contribution in [0.1, 0.15) is 29.8 Å². The fourth-order valence-electron chi connectivity index (χ4n) is 2.66. The molecule has 0 aliphatic rings. The van der Waals surface area contributed by atoms with E-state index in [1.165, 1.54) is 22.1 Å². The van der Waals surface area contributed by atoms with Crippen molar-refractivity contribution in [2.75, 3.05) is 24.7 Å². The van der Waals surface area contributed by atoms with Gasteiger partial charge in [-0.05, 0) is 43.0 Å². The summed E-state index contributed by atoms with van der Waals surface area (Å²) in [4.78, 5) is 13.8. The first-order valence-electron chi connectivity index (χ1n) is 8.40. The second-order valence-electron chi connectivity index (χ2n) is 5.72. The number of hydrogen-bond donors (Lipinski definition) is 1. The number of anilines is 1. The van der Waals surface area contributed by atoms with Crippen molar-refractivity contribution in [1.82, 2.24) is 4.31 Å². The molecule has 0 saturated carbocycles. The Kier molecular flexibility index (Phi) is 6.86. The van der Waals surface area contributed by atoms with Gasteiger partial charge in [-0.2, -0.15) is 4.31 Å². The van der Waals surface area contributed by atoms with E-state index in [1.807, 2.05) is 30.5 Å². The summed E-state index contributed by atoms with van der Waals surface area (Å²) >= 11 is 1.54. The fraction of sp³-hybridized carbons (Fsp3) is 0.316. The molecule has 2 aromatic carbocycles. The second kappa shape index (κ2) is 8.70. The van der Waals surface area contributed by atoms with E-state index in [-0.39, 0.29) is 10.8 Å². The first-order valence-corrected chi connectivity index (χ1v) is 11.1. The fourth-order valence-corrected chi connectivity index (χ4v) is 4.93. The maximum Gasteiger partial charge on any atom is 0.255 e. The normalized spacial score (nSPS) is 11.6. The topological polar surface area (TPSA) is 66.5 Å². The van der Waals surface area contributed by atoms with E-state index in [2.05, 4.69) is 5.32 Å². The van der Waals surface area contributed by atoms with Crippen molar-refractivity contribution in [2.45, 2.75) is 30.6 Å². The van der Waals surface area contributed by atoms with Crippen molar-refractivity contribution < 1.29 is 13.2 Å². The molecule has 140 valence electrons. The van der Waals surface area contributed by atoms with Crippen LogP contribution in [0.2, 0.25) is 0 Å². The maximum atomic E-state index is 12.8. The molecule has 0 aliphatic carbocycles. The van der Waals surface area contributed by atoms with Crippen molar-refractivity contribution in [1.29, 1.82) is 0 Å². The van der Waals surface area contributed by atoms with Crippen LogP contribution in [-0.2, 0) is 10.0 Å². The highest BCUT2D eigenvalue weighted by molar-refractivity contribution is 7.98. The molecule has 0 radical (unpaired) electrons. The molecule has 0 atom stereocenters. The van der Waals surface area contributed by atoms with Crippen LogP contribution in [0.25, 0.3) is 0 Å². The van der Waals surface area contributed by atoms with Crippen molar-refractivity contribution in [3.05, 3.63) is 53.6 Å². The molecule has 0 bridgehead atoms. The number of thioether (sulfide) groups is 1. The lowest BCUT2D eigenvalue weighted by atomic mass is 10.1. The van der Waals surface area contributed by atoms with Gasteiger partial charge >= 0.3 is 0 Å². The molecule has 2 aromatic rings. The van der Waals surface area contributed by atoms with Crippen molar-refractivity contribution in [3.8, 4) is 0 Å². The number of sulfonamides is 1. The summed E-state index contributed by atoms with van der Waals surface area (Å²) in [5.74, 6) is -0.331. The third-order valence-electron chi connectivity index (χ3n) is 4.13. The Morgan fingerprint density at radius 2 is 1.77 bits per heavy atom. The van der Waals surface area contributed by atoms with Crippen LogP contribution in [0.3, 0.4) is 0 Å². The van der Waals surface area contributed by atoms with Crippen LogP contribution in [0.15, 0.2) is 52.3 Å². The lowest BCUT2D eigenvalue weighted by Crippen LogP contribution is -2.31. The minimum Gasteiger partial charge on any atom is -0.321 e. The summed E-state index contributed by atoms with van der Waals surface area (Å²) in [5, 5.41) is 2.86. The SMILES string of the molecule is CCN(CC)S(=O)(=O)c1cc(C(=O)Nc2ccccc2SC)ccc1C. The van der Waals surface area contributed by atoms with Crippen LogP contribution in [-0.4, -0.2) is 38.0 Å². The van der Waals surface area contributed by atoms with E-state index in [9.17, 15) is 13.2 Å². The summed E-state index contributed by atoms with van der Waals surface area (Å²) in [5.41, 5.74) is 1.65. The highest BCUT2D eigenvalue weighted by Crippen LogP contribution is 2.26. The number of benzene rings is 2. The molecule has 0 unspecified atom stereocenters. The Hall–Kier alpha value is -1.83. The minimum atomic E-state index is -3.62. The quantitative estimate of drug-likeness (QED) is 0.723. The average molecular weight is 393 g/mol. The van der Waals surface area contributed by atoms with E-state index in [1.54, 1.807) is 32.9 Å². The summed E-state index contributed by atoms with van der Waals surface area (Å²) in [6.07, 6.45) is 1.94. The van der Waals surface area contributed by atoms with E-state index >= 15 is 0 Å². The standard InChI is InChI=1S/C19H24N2O3S2/c1-5-21(6-2)26(23,24)18-13-15(12-11-14(18)3)19(22)20-16-9-7-8-10-17(16)25-4/h7-13H,5-6H2,1-4H3,(H,20,22). The summed E-state index contributed by atoms with van der Waals surface area (Å²) in [7, 11) is -3.62. The van der Waals surface area contributed by atoms with E-state index in [0.717, 1.165) is 4.90 Å². The largest absolute Gasteiger partial charge is 0.321 e. The minimum absolute atomic E-state index is 0.173. The highest BCUT2D eigenvalue weighted by atomic mass is 32.2. The Morgan fingerprint density at radius 1 is 1.12 bits per heavy atom. The molecule has 0 aromatic heterocycles. The number of aryl methyl sites for hydroxylation is 1. The molecule has 0 fully saturated rings. The Morgan fingerprint density at radius 3 is 2.38 bits per heavy atom. The van der Waals surface area contributed by atoms with Crippen molar-refractivity contribution in [3.63, 3.8) is 0 Å². The molecular weight excluding hydrogens is 368 g/mol. The number of nitrogens with zero attached hydrogens (tertiary/aromatic N) is 1. The van der Waals surface area contributed by atoms with Crippen molar-refractivity contribution >= 4 is 33.4 Å². The lowest BCUT2D eigenvalue weighted by molar-refractivity contribution is 0.102. The molecule has 5 nitrogen and oxygen atoms in total. The van der Waals surface area contributed by atoms with Gasteiger partial charge < -0.3 is 5.32 Å². The zero-order valence-corrected chi connectivity index (χ0v) is 17.1. The Bertz CT molecular complexity index is 891. The Labute approximate surface area is 159 Å². The van der Waals surface area contributed by atoms with Gasteiger partial charge in [-0.15, -0.1) is 11.8 Å². The molecule has 0 saturated heterocycles. The zero-order chi connectivity index (χ0) is 19.3. The molecule has 2 rings (SSSR count). The van der Waals surface area contributed by atoms with Crippen molar-refractivity contribution in [2.24, 2.45) is 0 Å². The molecule has 0 heterocycles. The summed E-state index contributed by atoms with van der Waals surface area (Å²) in [6.45, 7) is 6.10. The summed E-state index contributed by atoms with van der Waals surface area (Å²) < 4.78 is 27.1. The molecule has 0 aliphatic heterocycles. The van der Waals surface area contributed by atoms with E-state index < -0.39 is 10.0 Å². The molecule has 0 spiro atoms. The van der Waals surface area contributed by atoms with Gasteiger partial charge in [0.15, 0.2) is 0 Å². The number of rotatable bonds is 7. The third-order valence-corrected chi connectivity index (χ3v) is 7.12. The van der Waals surface area contributed by atoms with Gasteiger partial charge in [0.05, 0.1) is 10.6 Å². The van der Waals surface area contributed by atoms with Gasteiger partial charge in [-0.1, -0.05) is 32.0 Å². The number of carbonyl (C=O) groups excluding carboxylic acids is 1. The molecule has 7 heteroatoms. The Balaban J connectivity index is 2.39. The van der Waals surface area contributed by atoms with Crippen LogP contribution < -0.4 is 5.32 Å². The number of para-hydroxylation sites is 1. The van der Waals surface area contributed by atoms with E-state index in [0.29, 0.717) is 29.9 Å². The number of hydrogen-bond acceptors (Lipinski definition) is 4. The van der Waals surface area contributed by atoms with Crippen LogP contribution in [0.5, 0.6) is 0 Å². The molecule has 26 heavy (non-hydrogen) atoms. The smallest absolute Gasteiger partial charge is 0.255 e. The first-order chi connectivity index (χ1) is 12.3. The number of carbonyl (C=O) groups is 1. The monoisotopic (exact) mass is 392 g/mol. The number of nitrogens with one attached hydrogen (secondary N) is 1. The van der Waals surface area contributed by atoms with Crippen LogP contribution in [0, 0.1) is 6.92 Å².